The Balaban J connectivity index is 2.18. The Morgan fingerprint density at radius 1 is 1.24 bits per heavy atom. The summed E-state index contributed by atoms with van der Waals surface area (Å²) >= 11 is 1.44. The number of hydrogen-bond acceptors (Lipinski definition) is 6. The van der Waals surface area contributed by atoms with Crippen LogP contribution in [-0.2, 0) is 14.8 Å². The summed E-state index contributed by atoms with van der Waals surface area (Å²) in [5.41, 5.74) is 0.891. The number of carboxylic acids is 1. The Kier molecular flexibility index (Phi) is 8.31. The van der Waals surface area contributed by atoms with E-state index in [9.17, 15) is 13.2 Å². The zero-order chi connectivity index (χ0) is 24.1. The molecular weight excluding hydrogens is 460 g/mol. The third-order valence-corrected chi connectivity index (χ3v) is 8.33. The van der Waals surface area contributed by atoms with Crippen molar-refractivity contribution in [3.8, 4) is 5.75 Å². The Labute approximate surface area is 200 Å². The van der Waals surface area contributed by atoms with E-state index >= 15 is 0 Å². The van der Waals surface area contributed by atoms with Gasteiger partial charge in [-0.3, -0.25) is 4.79 Å². The quantitative estimate of drug-likeness (QED) is 0.449. The van der Waals surface area contributed by atoms with Crippen LogP contribution in [0, 0.1) is 0 Å². The van der Waals surface area contributed by atoms with Gasteiger partial charge in [-0.15, -0.1) is 11.8 Å². The average Bonchev–Trinajstić information content (AvgIpc) is 2.90. The van der Waals surface area contributed by atoms with Crippen LogP contribution in [0.15, 0.2) is 52.3 Å². The second kappa shape index (κ2) is 10.8. The number of nitrogens with one attached hydrogen (secondary N) is 1. The molecule has 0 saturated carbocycles. The van der Waals surface area contributed by atoms with Gasteiger partial charge in [0.05, 0.1) is 29.1 Å². The highest BCUT2D eigenvalue weighted by atomic mass is 32.2. The molecule has 180 valence electrons. The molecule has 2 aromatic carbocycles. The molecule has 0 spiro atoms. The normalized spacial score (nSPS) is 19.5. The van der Waals surface area contributed by atoms with Gasteiger partial charge in [-0.2, -0.15) is 0 Å². The SMILES string of the molecule is CCCC[C@@]1(CC)CN(c2ccccc2)c2cc(SC)c(OCCC(=O)O)cc2S(=O)(=O)N1. The third kappa shape index (κ3) is 5.83. The van der Waals surface area contributed by atoms with Gasteiger partial charge >= 0.3 is 5.97 Å². The van der Waals surface area contributed by atoms with Crippen LogP contribution in [0.3, 0.4) is 0 Å². The van der Waals surface area contributed by atoms with Crippen molar-refractivity contribution in [2.45, 2.75) is 61.3 Å². The maximum absolute atomic E-state index is 13.6. The van der Waals surface area contributed by atoms with E-state index in [0.29, 0.717) is 24.4 Å². The zero-order valence-electron chi connectivity index (χ0n) is 19.3. The summed E-state index contributed by atoms with van der Waals surface area (Å²) in [4.78, 5) is 13.9. The number of rotatable bonds is 10. The highest BCUT2D eigenvalue weighted by molar-refractivity contribution is 7.98. The van der Waals surface area contributed by atoms with Crippen molar-refractivity contribution in [2.75, 3.05) is 24.3 Å². The zero-order valence-corrected chi connectivity index (χ0v) is 21.0. The Morgan fingerprint density at radius 3 is 2.58 bits per heavy atom. The van der Waals surface area contributed by atoms with Gasteiger partial charge in [-0.25, -0.2) is 13.1 Å². The van der Waals surface area contributed by atoms with E-state index in [1.165, 1.54) is 17.8 Å². The minimum Gasteiger partial charge on any atom is -0.492 e. The third-order valence-electron chi connectivity index (χ3n) is 5.96. The molecule has 2 N–H and O–H groups in total. The molecular formula is C24H32N2O5S2. The van der Waals surface area contributed by atoms with E-state index in [1.807, 2.05) is 49.6 Å². The van der Waals surface area contributed by atoms with Crippen LogP contribution >= 0.6 is 11.8 Å². The molecule has 0 aromatic heterocycles. The van der Waals surface area contributed by atoms with Crippen LogP contribution in [0.4, 0.5) is 11.4 Å². The number of aliphatic carboxylic acids is 1. The number of benzene rings is 2. The second-order valence-corrected chi connectivity index (χ2v) is 10.7. The number of unbranched alkanes of at least 4 members (excludes halogenated alkanes) is 1. The number of anilines is 2. The molecule has 33 heavy (non-hydrogen) atoms. The van der Waals surface area contributed by atoms with Gasteiger partial charge in [0.25, 0.3) is 0 Å². The van der Waals surface area contributed by atoms with Crippen molar-refractivity contribution in [2.24, 2.45) is 0 Å². The standard InChI is InChI=1S/C24H32N2O5S2/c1-4-6-13-24(5-2)17-26(18-10-8-7-9-11-18)19-15-21(32-3)20(31-14-12-23(27)28)16-22(19)33(29,30)25-24/h7-11,15-16,25H,4-6,12-14,17H2,1-3H3,(H,27,28)/t24-/m0/s1. The van der Waals surface area contributed by atoms with Crippen molar-refractivity contribution in [3.63, 3.8) is 0 Å². The summed E-state index contributed by atoms with van der Waals surface area (Å²) < 4.78 is 36.0. The van der Waals surface area contributed by atoms with Gasteiger partial charge in [0.1, 0.15) is 10.6 Å². The molecule has 2 aromatic rings. The molecule has 1 atom stereocenters. The Bertz CT molecular complexity index is 1080. The highest BCUT2D eigenvalue weighted by Crippen LogP contribution is 2.43. The van der Waals surface area contributed by atoms with Crippen LogP contribution in [0.2, 0.25) is 0 Å². The number of hydrogen-bond donors (Lipinski definition) is 2. The molecule has 0 aliphatic carbocycles. The van der Waals surface area contributed by atoms with E-state index in [1.54, 1.807) is 0 Å². The molecule has 0 radical (unpaired) electrons. The topological polar surface area (TPSA) is 95.9 Å². The molecule has 0 fully saturated rings. The fraction of sp³-hybridized carbons (Fsp3) is 0.458. The van der Waals surface area contributed by atoms with Crippen molar-refractivity contribution in [1.82, 2.24) is 4.72 Å². The first-order valence-electron chi connectivity index (χ1n) is 11.2. The monoisotopic (exact) mass is 492 g/mol. The van der Waals surface area contributed by atoms with Gasteiger partial charge in [-0.1, -0.05) is 44.9 Å². The number of sulfonamides is 1. The van der Waals surface area contributed by atoms with Gasteiger partial charge < -0.3 is 14.7 Å². The fourth-order valence-corrected chi connectivity index (χ4v) is 6.33. The van der Waals surface area contributed by atoms with Crippen LogP contribution < -0.4 is 14.4 Å². The number of carbonyl (C=O) groups is 1. The Hall–Kier alpha value is -2.23. The van der Waals surface area contributed by atoms with Crippen LogP contribution in [0.1, 0.15) is 46.0 Å². The molecule has 1 aliphatic heterocycles. The molecule has 7 nitrogen and oxygen atoms in total. The van der Waals surface area contributed by atoms with Crippen molar-refractivity contribution in [1.29, 1.82) is 0 Å². The second-order valence-electron chi connectivity index (χ2n) is 8.23. The number of ether oxygens (including phenoxy) is 1. The van der Waals surface area contributed by atoms with Gasteiger partial charge in [0.2, 0.25) is 10.0 Å². The van der Waals surface area contributed by atoms with Crippen LogP contribution in [0.25, 0.3) is 0 Å². The minimum absolute atomic E-state index is 0.0348. The lowest BCUT2D eigenvalue weighted by molar-refractivity contribution is -0.137. The lowest BCUT2D eigenvalue weighted by atomic mass is 9.89. The number of nitrogens with zero attached hydrogens (tertiary/aromatic N) is 1. The van der Waals surface area contributed by atoms with E-state index in [-0.39, 0.29) is 17.9 Å². The first-order chi connectivity index (χ1) is 15.7. The first-order valence-corrected chi connectivity index (χ1v) is 13.9. The number of carboxylic acid groups (broad SMARTS) is 1. The molecule has 1 heterocycles. The van der Waals surface area contributed by atoms with E-state index < -0.39 is 21.5 Å². The highest BCUT2D eigenvalue weighted by Gasteiger charge is 2.41. The minimum atomic E-state index is -3.86. The number of para-hydroxylation sites is 1. The summed E-state index contributed by atoms with van der Waals surface area (Å²) in [5, 5.41) is 8.95. The molecule has 0 amide bonds. The smallest absolute Gasteiger partial charge is 0.306 e. The van der Waals surface area contributed by atoms with Crippen LogP contribution in [-0.4, -0.2) is 44.4 Å². The lowest BCUT2D eigenvalue weighted by Gasteiger charge is -2.36. The first kappa shape index (κ1) is 25.4. The fourth-order valence-electron chi connectivity index (χ4n) is 4.08. The van der Waals surface area contributed by atoms with Gasteiger partial charge in [0.15, 0.2) is 0 Å². The van der Waals surface area contributed by atoms with Gasteiger partial charge in [-0.05, 0) is 37.3 Å². The summed E-state index contributed by atoms with van der Waals surface area (Å²) in [6.45, 7) is 4.59. The summed E-state index contributed by atoms with van der Waals surface area (Å²) in [5.74, 6) is -0.595. The molecule has 3 rings (SSSR count). The van der Waals surface area contributed by atoms with Gasteiger partial charge in [0, 0.05) is 18.3 Å². The van der Waals surface area contributed by atoms with Crippen molar-refractivity contribution < 1.29 is 23.1 Å². The Morgan fingerprint density at radius 2 is 1.97 bits per heavy atom. The number of fused-ring (bicyclic) bond motifs is 1. The maximum Gasteiger partial charge on any atom is 0.306 e. The molecule has 0 bridgehead atoms. The maximum atomic E-state index is 13.6. The summed E-state index contributed by atoms with van der Waals surface area (Å²) in [7, 11) is -3.86. The lowest BCUT2D eigenvalue weighted by Crippen LogP contribution is -2.52. The molecule has 0 saturated heterocycles. The molecule has 9 heteroatoms. The summed E-state index contributed by atoms with van der Waals surface area (Å²) in [6.07, 6.45) is 4.99. The largest absolute Gasteiger partial charge is 0.492 e. The van der Waals surface area contributed by atoms with Crippen LogP contribution in [0.5, 0.6) is 5.75 Å². The average molecular weight is 493 g/mol. The predicted molar refractivity (Wildman–Crippen MR) is 132 cm³/mol. The van der Waals surface area contributed by atoms with E-state index in [4.69, 9.17) is 9.84 Å². The summed E-state index contributed by atoms with van der Waals surface area (Å²) in [6, 6.07) is 13.2. The van der Waals surface area contributed by atoms with Crippen molar-refractivity contribution >= 4 is 39.1 Å². The van der Waals surface area contributed by atoms with E-state index in [2.05, 4.69) is 16.5 Å². The molecule has 1 aliphatic rings. The molecule has 0 unspecified atom stereocenters. The number of thioether (sulfide) groups is 1. The van der Waals surface area contributed by atoms with Crippen molar-refractivity contribution in [3.05, 3.63) is 42.5 Å². The van der Waals surface area contributed by atoms with E-state index in [0.717, 1.165) is 29.8 Å². The predicted octanol–water partition coefficient (Wildman–Crippen LogP) is 5.03.